The molecule has 1 aromatic carbocycles. The van der Waals surface area contributed by atoms with E-state index in [0.717, 1.165) is 6.07 Å². The molecule has 32 heavy (non-hydrogen) atoms. The van der Waals surface area contributed by atoms with Gasteiger partial charge in [-0.25, -0.2) is 33.9 Å². The van der Waals surface area contributed by atoms with Crippen molar-refractivity contribution in [1.82, 2.24) is 19.9 Å². The van der Waals surface area contributed by atoms with Crippen molar-refractivity contribution in [3.8, 4) is 16.9 Å². The minimum Gasteiger partial charge on any atom is -0.595 e. The smallest absolute Gasteiger partial charge is 0.246 e. The molecule has 0 saturated heterocycles. The lowest BCUT2D eigenvalue weighted by Crippen LogP contribution is -2.99. The molecule has 164 valence electrons. The van der Waals surface area contributed by atoms with E-state index in [1.807, 2.05) is 0 Å². The fourth-order valence-corrected chi connectivity index (χ4v) is 2.96. The Bertz CT molecular complexity index is 1190. The lowest BCUT2D eigenvalue weighted by molar-refractivity contribution is -0.991. The molecule has 0 amide bonds. The van der Waals surface area contributed by atoms with Gasteiger partial charge in [0.2, 0.25) is 12.3 Å². The van der Waals surface area contributed by atoms with Crippen LogP contribution < -0.4 is 20.4 Å². The molecule has 0 spiro atoms. The molecule has 4 rings (SSSR count). The lowest BCUT2D eigenvalue weighted by atomic mass is 10.1. The zero-order valence-electron chi connectivity index (χ0n) is 16.6. The van der Waals surface area contributed by atoms with E-state index in [-0.39, 0.29) is 17.2 Å². The largest absolute Gasteiger partial charge is 0.595 e. The maximum absolute atomic E-state index is 14.5. The zero-order valence-corrected chi connectivity index (χ0v) is 16.6. The fourth-order valence-electron chi connectivity index (χ4n) is 2.96. The van der Waals surface area contributed by atoms with Gasteiger partial charge in [0.1, 0.15) is 35.5 Å². The van der Waals surface area contributed by atoms with E-state index in [4.69, 9.17) is 5.21 Å². The molecular weight excluding hydrogens is 422 g/mol. The van der Waals surface area contributed by atoms with Gasteiger partial charge in [-0.3, -0.25) is 0 Å². The number of hydrogen-bond donors (Lipinski definition) is 5. The number of anilines is 2. The summed E-state index contributed by atoms with van der Waals surface area (Å²) >= 11 is 0. The number of quaternary nitrogens is 1. The number of imidazole rings is 1. The van der Waals surface area contributed by atoms with Crippen molar-refractivity contribution in [2.24, 2.45) is 0 Å². The summed E-state index contributed by atoms with van der Waals surface area (Å²) in [7, 11) is 0. The van der Waals surface area contributed by atoms with Crippen molar-refractivity contribution in [3.05, 3.63) is 78.3 Å². The van der Waals surface area contributed by atoms with E-state index < -0.39 is 16.9 Å². The second-order valence-corrected chi connectivity index (χ2v) is 6.66. The number of nitrogens with one attached hydrogen (secondary N) is 4. The molecule has 4 aromatic rings. The number of nitrogens with zero attached hydrogens (tertiary/aromatic N) is 4. The number of aromatic amines is 1. The highest BCUT2D eigenvalue weighted by Crippen LogP contribution is 2.26. The van der Waals surface area contributed by atoms with Gasteiger partial charge in [-0.15, -0.1) is 0 Å². The second-order valence-electron chi connectivity index (χ2n) is 6.66. The normalized spacial score (nSPS) is 11.9. The number of hydrogen-bond acceptors (Lipinski definition) is 7. The average molecular weight is 441 g/mol. The van der Waals surface area contributed by atoms with Crippen LogP contribution in [0.15, 0.2) is 61.4 Å². The summed E-state index contributed by atoms with van der Waals surface area (Å²) in [5.41, 5.74) is 1.05. The summed E-state index contributed by atoms with van der Waals surface area (Å²) in [4.78, 5) is 15.6. The number of rotatable bonds is 8. The Kier molecular flexibility index (Phi) is 6.26. The highest BCUT2D eigenvalue weighted by molar-refractivity contribution is 5.67. The van der Waals surface area contributed by atoms with Crippen LogP contribution in [0.4, 0.5) is 26.2 Å². The SMILES string of the molecule is [O-][NH+](O)c1ccc(NCCNc2ncc(-[n+]3cc[nH]c3)c(-c3ccc(F)cc3F)n2)nc1. The molecule has 0 aliphatic rings. The van der Waals surface area contributed by atoms with Crippen molar-refractivity contribution in [2.75, 3.05) is 23.7 Å². The van der Waals surface area contributed by atoms with Crippen LogP contribution in [0.2, 0.25) is 0 Å². The summed E-state index contributed by atoms with van der Waals surface area (Å²) in [6.45, 7) is 0.849. The standard InChI is InChI=1S/C20H18F2N8O2/c21-13-1-3-15(16(22)9-13)19-17(29-8-7-23-12-29)11-27-20(28-19)25-6-5-24-18-4-2-14(10-26-18)30(31)32/h1-4,7-12,30-31H,5-6H2,(H2,24,25,26,27,28)/p+1. The number of aromatic nitrogens is 5. The summed E-state index contributed by atoms with van der Waals surface area (Å²) in [5.74, 6) is -0.624. The molecule has 10 nitrogen and oxygen atoms in total. The van der Waals surface area contributed by atoms with Crippen LogP contribution in [0, 0.1) is 16.8 Å². The van der Waals surface area contributed by atoms with Crippen LogP contribution in [0.3, 0.4) is 0 Å². The Balaban J connectivity index is 1.48. The fraction of sp³-hybridized carbons (Fsp3) is 0.100. The van der Waals surface area contributed by atoms with Crippen LogP contribution in [0.5, 0.6) is 0 Å². The first-order valence-corrected chi connectivity index (χ1v) is 9.55. The van der Waals surface area contributed by atoms with E-state index in [0.29, 0.717) is 30.3 Å². The molecular formula is C20H19F2N8O2+. The van der Waals surface area contributed by atoms with Gasteiger partial charge in [-0.05, 0) is 18.2 Å². The third-order valence-corrected chi connectivity index (χ3v) is 4.50. The highest BCUT2D eigenvalue weighted by Gasteiger charge is 2.18. The highest BCUT2D eigenvalue weighted by atomic mass is 19.1. The molecule has 0 fully saturated rings. The predicted octanol–water partition coefficient (Wildman–Crippen LogP) is 1.35. The van der Waals surface area contributed by atoms with Crippen molar-refractivity contribution < 1.29 is 23.8 Å². The number of halogens is 2. The monoisotopic (exact) mass is 441 g/mol. The van der Waals surface area contributed by atoms with E-state index in [1.165, 1.54) is 24.4 Å². The molecule has 3 heterocycles. The first-order chi connectivity index (χ1) is 15.5. The van der Waals surface area contributed by atoms with Crippen molar-refractivity contribution in [3.63, 3.8) is 0 Å². The quantitative estimate of drug-likeness (QED) is 0.159. The minimum absolute atomic E-state index is 0.100. The Morgan fingerprint density at radius 2 is 1.94 bits per heavy atom. The van der Waals surface area contributed by atoms with Crippen molar-refractivity contribution in [1.29, 1.82) is 0 Å². The van der Waals surface area contributed by atoms with E-state index in [2.05, 4.69) is 30.6 Å². The first kappa shape index (κ1) is 21.2. The van der Waals surface area contributed by atoms with Crippen LogP contribution in [-0.4, -0.2) is 38.2 Å². The molecule has 0 aliphatic heterocycles. The van der Waals surface area contributed by atoms with Gasteiger partial charge in [0, 0.05) is 30.8 Å². The van der Waals surface area contributed by atoms with Gasteiger partial charge < -0.3 is 15.8 Å². The molecule has 0 saturated carbocycles. The van der Waals surface area contributed by atoms with Gasteiger partial charge >= 0.3 is 0 Å². The predicted molar refractivity (Wildman–Crippen MR) is 110 cm³/mol. The summed E-state index contributed by atoms with van der Waals surface area (Å²) in [6.07, 6.45) is 7.88. The number of pyridine rings is 1. The maximum atomic E-state index is 14.5. The topological polar surface area (TPSA) is 130 Å². The van der Waals surface area contributed by atoms with Crippen LogP contribution in [0.1, 0.15) is 0 Å². The molecule has 0 bridgehead atoms. The van der Waals surface area contributed by atoms with E-state index >= 15 is 0 Å². The van der Waals surface area contributed by atoms with Gasteiger partial charge in [0.25, 0.3) is 0 Å². The summed E-state index contributed by atoms with van der Waals surface area (Å²) in [6, 6.07) is 6.34. The Morgan fingerprint density at radius 3 is 2.62 bits per heavy atom. The third kappa shape index (κ3) is 4.83. The molecule has 3 aromatic heterocycles. The van der Waals surface area contributed by atoms with Gasteiger partial charge in [-0.2, -0.15) is 9.79 Å². The zero-order chi connectivity index (χ0) is 22.5. The van der Waals surface area contributed by atoms with Gasteiger partial charge in [0.05, 0.1) is 12.4 Å². The van der Waals surface area contributed by atoms with Gasteiger partial charge in [-0.1, -0.05) is 0 Å². The van der Waals surface area contributed by atoms with Crippen molar-refractivity contribution in [2.45, 2.75) is 0 Å². The summed E-state index contributed by atoms with van der Waals surface area (Å²) in [5, 5.41) is 24.8. The Labute approximate surface area is 180 Å². The number of benzene rings is 1. The second kappa shape index (κ2) is 9.43. The molecule has 0 aliphatic carbocycles. The van der Waals surface area contributed by atoms with Crippen LogP contribution in [-0.2, 0) is 0 Å². The average Bonchev–Trinajstić information content (AvgIpc) is 3.32. The van der Waals surface area contributed by atoms with Crippen LogP contribution in [0.25, 0.3) is 16.9 Å². The molecule has 1 atom stereocenters. The molecule has 12 heteroatoms. The van der Waals surface area contributed by atoms with Crippen LogP contribution >= 0.6 is 0 Å². The lowest BCUT2D eigenvalue weighted by Gasteiger charge is -2.12. The molecule has 5 N–H and O–H groups in total. The summed E-state index contributed by atoms with van der Waals surface area (Å²) < 4.78 is 29.5. The van der Waals surface area contributed by atoms with E-state index in [1.54, 1.807) is 35.6 Å². The number of H-pyrrole nitrogens is 1. The Hall–Kier alpha value is -4.00. The molecule has 0 radical (unpaired) electrons. The van der Waals surface area contributed by atoms with Gasteiger partial charge in [0.15, 0.2) is 11.4 Å². The third-order valence-electron chi connectivity index (χ3n) is 4.50. The maximum Gasteiger partial charge on any atom is 0.246 e. The first-order valence-electron chi connectivity index (χ1n) is 9.55. The van der Waals surface area contributed by atoms with E-state index in [9.17, 15) is 14.0 Å². The molecule has 1 unspecified atom stereocenters. The Morgan fingerprint density at radius 1 is 1.09 bits per heavy atom. The van der Waals surface area contributed by atoms with Crippen molar-refractivity contribution >= 4 is 17.5 Å². The minimum atomic E-state index is -1.04.